The zero-order chi connectivity index (χ0) is 30.9. The monoisotopic (exact) mass is 604 g/mol. The Morgan fingerprint density at radius 2 is 1.61 bits per heavy atom. The van der Waals surface area contributed by atoms with Gasteiger partial charge in [0, 0.05) is 35.3 Å². The lowest BCUT2D eigenvalue weighted by molar-refractivity contribution is -0.119. The summed E-state index contributed by atoms with van der Waals surface area (Å²) in [5, 5.41) is -0.0997. The second-order valence-corrected chi connectivity index (χ2v) is 11.4. The second-order valence-electron chi connectivity index (χ2n) is 8.38. The minimum atomic E-state index is -4.11. The van der Waals surface area contributed by atoms with E-state index in [-0.39, 0.29) is 27.9 Å². The molecule has 2 aromatic carbocycles. The van der Waals surface area contributed by atoms with Gasteiger partial charge in [0.25, 0.3) is 15.9 Å². The third-order valence-electron chi connectivity index (χ3n) is 5.69. The van der Waals surface area contributed by atoms with Crippen molar-refractivity contribution in [3.8, 4) is 17.2 Å². The maximum atomic E-state index is 13.2. The van der Waals surface area contributed by atoms with Crippen LogP contribution in [0.1, 0.15) is 30.7 Å². The number of rotatable bonds is 8. The molecule has 0 fully saturated rings. The number of ether oxygens (including phenoxy) is 3. The van der Waals surface area contributed by atoms with Gasteiger partial charge in [0.1, 0.15) is 17.2 Å². The third kappa shape index (κ3) is 7.82. The molecule has 0 aliphatic rings. The molecule has 4 aromatic rings. The van der Waals surface area contributed by atoms with Crippen molar-refractivity contribution in [3.05, 3.63) is 65.5 Å². The summed E-state index contributed by atoms with van der Waals surface area (Å²) < 4.78 is 55.1. The van der Waals surface area contributed by atoms with Gasteiger partial charge in [0.05, 0.1) is 40.9 Å². The molecular weight excluding hydrogens is 568 g/mol. The highest BCUT2D eigenvalue weighted by Gasteiger charge is 2.26. The fourth-order valence-corrected chi connectivity index (χ4v) is 6.15. The predicted octanol–water partition coefficient (Wildman–Crippen LogP) is 3.93. The Morgan fingerprint density at radius 3 is 2.12 bits per heavy atom. The van der Waals surface area contributed by atoms with Crippen LogP contribution >= 0.6 is 0 Å². The van der Waals surface area contributed by atoms with Crippen molar-refractivity contribution in [3.63, 3.8) is 0 Å². The molecule has 0 aliphatic carbocycles. The van der Waals surface area contributed by atoms with E-state index in [1.54, 1.807) is 19.2 Å². The minimum absolute atomic E-state index is 0.0623. The van der Waals surface area contributed by atoms with Crippen molar-refractivity contribution >= 4 is 37.8 Å². The standard InChI is InChI=1S/C17H17N3O6S2.C9H13NO.C2H6/c1-25-12-5-8-14-15(9-12)20(17(19-14)27(2)22)28(23,24)13-6-3-11(4-7-13)26-10-16(18)21;1-6-5-10-8(3)7(2)9(6)11-4;1-2/h3-9H,10H2,1-2H3,(H2,18,21);5H,1-4H3;1-2H3. The van der Waals surface area contributed by atoms with E-state index in [0.717, 1.165) is 26.5 Å². The van der Waals surface area contributed by atoms with E-state index in [9.17, 15) is 17.4 Å². The van der Waals surface area contributed by atoms with Crippen LogP contribution in [0.15, 0.2) is 58.7 Å². The SMILES string of the molecule is CC.COc1c(C)cnc(C)c1C.COc1ccc2nc(S(C)=O)n(S(=O)(=O)c3ccc(OCC(N)=O)cc3)c2c1. The van der Waals surface area contributed by atoms with Gasteiger partial charge in [-0.15, -0.1) is 0 Å². The molecule has 2 heterocycles. The van der Waals surface area contributed by atoms with Crippen LogP contribution in [0.5, 0.6) is 17.2 Å². The van der Waals surface area contributed by atoms with Crippen LogP contribution in [-0.2, 0) is 25.6 Å². The van der Waals surface area contributed by atoms with Gasteiger partial charge in [-0.05, 0) is 57.2 Å². The van der Waals surface area contributed by atoms with Gasteiger partial charge < -0.3 is 19.9 Å². The van der Waals surface area contributed by atoms with Crippen LogP contribution in [0.25, 0.3) is 11.0 Å². The molecule has 0 saturated carbocycles. The van der Waals surface area contributed by atoms with Crippen LogP contribution < -0.4 is 19.9 Å². The largest absolute Gasteiger partial charge is 0.497 e. The lowest BCUT2D eigenvalue weighted by atomic mass is 10.1. The number of hydrogen-bond acceptors (Lipinski definition) is 9. The predicted molar refractivity (Wildman–Crippen MR) is 159 cm³/mol. The highest BCUT2D eigenvalue weighted by Crippen LogP contribution is 2.28. The van der Waals surface area contributed by atoms with Crippen molar-refractivity contribution in [2.45, 2.75) is 44.7 Å². The number of carbonyl (C=O) groups is 1. The normalized spacial score (nSPS) is 11.4. The number of hydrogen-bond donors (Lipinski definition) is 1. The van der Waals surface area contributed by atoms with Crippen LogP contribution in [0.2, 0.25) is 0 Å². The Kier molecular flexibility index (Phi) is 11.8. The number of methoxy groups -OCH3 is 2. The van der Waals surface area contributed by atoms with Crippen LogP contribution in [-0.4, -0.2) is 59.6 Å². The molecule has 1 unspecified atom stereocenters. The van der Waals surface area contributed by atoms with Crippen molar-refractivity contribution in [1.82, 2.24) is 13.9 Å². The molecule has 0 spiro atoms. The maximum Gasteiger partial charge on any atom is 0.270 e. The summed E-state index contributed by atoms with van der Waals surface area (Å²) in [5.74, 6) is 1.03. The van der Waals surface area contributed by atoms with E-state index in [0.29, 0.717) is 11.3 Å². The highest BCUT2D eigenvalue weighted by molar-refractivity contribution is 7.91. The van der Waals surface area contributed by atoms with Gasteiger partial charge in [-0.1, -0.05) is 13.8 Å². The molecule has 2 aromatic heterocycles. The molecule has 4 rings (SSSR count). The number of carbonyl (C=O) groups excluding carboxylic acids is 1. The molecule has 0 aliphatic heterocycles. The molecule has 1 atom stereocenters. The molecule has 13 heteroatoms. The number of pyridine rings is 1. The van der Waals surface area contributed by atoms with Gasteiger partial charge in [-0.25, -0.2) is 17.4 Å². The van der Waals surface area contributed by atoms with Gasteiger partial charge in [-0.3, -0.25) is 14.0 Å². The first kappa shape index (κ1) is 33.2. The molecule has 0 radical (unpaired) electrons. The fourth-order valence-electron chi connectivity index (χ4n) is 3.64. The molecular formula is C28H36N4O7S2. The first-order valence-electron chi connectivity index (χ1n) is 12.5. The number of benzene rings is 2. The molecule has 0 bridgehead atoms. The molecule has 11 nitrogen and oxygen atoms in total. The van der Waals surface area contributed by atoms with E-state index in [1.165, 1.54) is 43.7 Å². The zero-order valence-corrected chi connectivity index (χ0v) is 26.1. The van der Waals surface area contributed by atoms with Crippen molar-refractivity contribution in [1.29, 1.82) is 0 Å². The Bertz CT molecular complexity index is 1630. The molecule has 41 heavy (non-hydrogen) atoms. The smallest absolute Gasteiger partial charge is 0.270 e. The average molecular weight is 605 g/mol. The van der Waals surface area contributed by atoms with Crippen LogP contribution in [0.4, 0.5) is 0 Å². The van der Waals surface area contributed by atoms with Gasteiger partial charge in [0.2, 0.25) is 5.16 Å². The lowest BCUT2D eigenvalue weighted by Gasteiger charge is -2.11. The lowest BCUT2D eigenvalue weighted by Crippen LogP contribution is -2.20. The Morgan fingerprint density at radius 1 is 1.00 bits per heavy atom. The van der Waals surface area contributed by atoms with Gasteiger partial charge in [0.15, 0.2) is 6.61 Å². The van der Waals surface area contributed by atoms with E-state index in [4.69, 9.17) is 19.9 Å². The number of imidazole rings is 1. The number of nitrogens with two attached hydrogens (primary N) is 1. The molecule has 1 amide bonds. The summed E-state index contributed by atoms with van der Waals surface area (Å²) in [6.45, 7) is 9.68. The summed E-state index contributed by atoms with van der Waals surface area (Å²) in [5.41, 5.74) is 8.90. The van der Waals surface area contributed by atoms with E-state index in [1.807, 2.05) is 40.8 Å². The minimum Gasteiger partial charge on any atom is -0.497 e. The number of aromatic nitrogens is 3. The summed E-state index contributed by atoms with van der Waals surface area (Å²) in [6, 6.07) is 10.2. The van der Waals surface area contributed by atoms with E-state index < -0.39 is 26.7 Å². The number of aryl methyl sites for hydroxylation is 2. The summed E-state index contributed by atoms with van der Waals surface area (Å²) in [7, 11) is -2.62. The topological polar surface area (TPSA) is 153 Å². The van der Waals surface area contributed by atoms with E-state index >= 15 is 0 Å². The molecule has 0 saturated heterocycles. The summed E-state index contributed by atoms with van der Waals surface area (Å²) in [4.78, 5) is 19.1. The summed E-state index contributed by atoms with van der Waals surface area (Å²) >= 11 is 0. The highest BCUT2D eigenvalue weighted by atomic mass is 32.2. The molecule has 222 valence electrons. The Balaban J connectivity index is 0.000000378. The number of fused-ring (bicyclic) bond motifs is 1. The first-order valence-corrected chi connectivity index (χ1v) is 15.5. The number of amides is 1. The average Bonchev–Trinajstić information content (AvgIpc) is 3.36. The number of nitrogens with zero attached hydrogens (tertiary/aromatic N) is 3. The summed E-state index contributed by atoms with van der Waals surface area (Å²) in [6.07, 6.45) is 3.19. The zero-order valence-electron chi connectivity index (χ0n) is 24.4. The Labute approximate surface area is 243 Å². The van der Waals surface area contributed by atoms with Crippen molar-refractivity contribution in [2.24, 2.45) is 5.73 Å². The molecule has 2 N–H and O–H groups in total. The van der Waals surface area contributed by atoms with Gasteiger partial charge >= 0.3 is 0 Å². The number of primary amides is 1. The Hall–Kier alpha value is -3.97. The van der Waals surface area contributed by atoms with E-state index in [2.05, 4.69) is 9.97 Å². The van der Waals surface area contributed by atoms with Gasteiger partial charge in [-0.2, -0.15) is 0 Å². The van der Waals surface area contributed by atoms with Crippen LogP contribution in [0, 0.1) is 20.8 Å². The van der Waals surface area contributed by atoms with Crippen molar-refractivity contribution < 1.29 is 31.6 Å². The van der Waals surface area contributed by atoms with Crippen molar-refractivity contribution in [2.75, 3.05) is 27.1 Å². The first-order chi connectivity index (χ1) is 19.4. The fraction of sp³-hybridized carbons (Fsp3) is 0.321. The maximum absolute atomic E-state index is 13.2. The van der Waals surface area contributed by atoms with Crippen LogP contribution in [0.3, 0.4) is 0 Å². The second kappa shape index (κ2) is 14.6. The third-order valence-corrected chi connectivity index (χ3v) is 8.31. The quantitative estimate of drug-likeness (QED) is 0.315.